The Bertz CT molecular complexity index is 306. The number of carbonyl (C=O) groups is 1. The molecule has 1 aromatic carbocycles. The summed E-state index contributed by atoms with van der Waals surface area (Å²) in [6.07, 6.45) is 0.520. The summed E-state index contributed by atoms with van der Waals surface area (Å²) < 4.78 is 0. The Balaban J connectivity index is 2.67. The topological polar surface area (TPSA) is 49.3 Å². The van der Waals surface area contributed by atoms with E-state index in [1.165, 1.54) is 5.56 Å². The van der Waals surface area contributed by atoms with E-state index in [0.717, 1.165) is 5.56 Å². The predicted molar refractivity (Wildman–Crippen MR) is 55.4 cm³/mol. The number of hydrogen-bond acceptors (Lipinski definition) is 2. The first kappa shape index (κ1) is 10.7. The molecule has 0 bridgehead atoms. The molecule has 0 fully saturated rings. The average molecular weight is 193 g/mol. The lowest BCUT2D eigenvalue weighted by Crippen LogP contribution is -2.35. The van der Waals surface area contributed by atoms with Gasteiger partial charge in [0.15, 0.2) is 0 Å². The molecule has 3 nitrogen and oxygen atoms in total. The number of aliphatic carboxylic acids is 1. The van der Waals surface area contributed by atoms with E-state index in [9.17, 15) is 4.79 Å². The van der Waals surface area contributed by atoms with Crippen molar-refractivity contribution >= 4 is 5.97 Å². The van der Waals surface area contributed by atoms with Crippen LogP contribution in [0.5, 0.6) is 0 Å². The zero-order chi connectivity index (χ0) is 10.6. The Morgan fingerprint density at radius 1 is 1.43 bits per heavy atom. The summed E-state index contributed by atoms with van der Waals surface area (Å²) in [6.45, 7) is 2.01. The third kappa shape index (κ3) is 2.85. The lowest BCUT2D eigenvalue weighted by molar-refractivity contribution is -0.139. The van der Waals surface area contributed by atoms with Crippen LogP contribution in [-0.2, 0) is 11.2 Å². The zero-order valence-corrected chi connectivity index (χ0v) is 8.45. The molecular formula is C11H15NO2. The summed E-state index contributed by atoms with van der Waals surface area (Å²) in [5, 5.41) is 11.6. The largest absolute Gasteiger partial charge is 0.480 e. The number of benzene rings is 1. The van der Waals surface area contributed by atoms with Crippen LogP contribution in [0.2, 0.25) is 0 Å². The van der Waals surface area contributed by atoms with E-state index in [0.29, 0.717) is 6.42 Å². The van der Waals surface area contributed by atoms with Gasteiger partial charge in [-0.15, -0.1) is 0 Å². The quantitative estimate of drug-likeness (QED) is 0.755. The minimum absolute atomic E-state index is 0.502. The van der Waals surface area contributed by atoms with Crippen molar-refractivity contribution in [3.63, 3.8) is 0 Å². The van der Waals surface area contributed by atoms with Crippen LogP contribution in [0, 0.1) is 6.92 Å². The van der Waals surface area contributed by atoms with Crippen LogP contribution in [0.4, 0.5) is 0 Å². The van der Waals surface area contributed by atoms with Crippen LogP contribution in [0.3, 0.4) is 0 Å². The standard InChI is InChI=1S/C11H15NO2/c1-8-3-5-9(6-4-8)7-10(12-2)11(13)14/h3-6,10,12H,7H2,1-2H3,(H,13,14)/t10-/m0/s1. The molecule has 0 amide bonds. The van der Waals surface area contributed by atoms with Gasteiger partial charge in [-0.3, -0.25) is 4.79 Å². The molecule has 1 atom stereocenters. The molecule has 2 N–H and O–H groups in total. The van der Waals surface area contributed by atoms with Crippen molar-refractivity contribution in [3.05, 3.63) is 35.4 Å². The van der Waals surface area contributed by atoms with Crippen molar-refractivity contribution < 1.29 is 9.90 Å². The number of likely N-dealkylation sites (N-methyl/N-ethyl adjacent to an activating group) is 1. The van der Waals surface area contributed by atoms with Crippen molar-refractivity contribution in [1.82, 2.24) is 5.32 Å². The van der Waals surface area contributed by atoms with E-state index < -0.39 is 12.0 Å². The fourth-order valence-corrected chi connectivity index (χ4v) is 1.27. The van der Waals surface area contributed by atoms with Gasteiger partial charge < -0.3 is 10.4 Å². The fraction of sp³-hybridized carbons (Fsp3) is 0.364. The number of carboxylic acids is 1. The first-order valence-corrected chi connectivity index (χ1v) is 4.59. The minimum atomic E-state index is -0.812. The second-order valence-electron chi connectivity index (χ2n) is 3.37. The van der Waals surface area contributed by atoms with Gasteiger partial charge in [0.1, 0.15) is 6.04 Å². The molecule has 0 heterocycles. The van der Waals surface area contributed by atoms with Gasteiger partial charge in [-0.1, -0.05) is 29.8 Å². The highest BCUT2D eigenvalue weighted by molar-refractivity contribution is 5.73. The van der Waals surface area contributed by atoms with Crippen molar-refractivity contribution in [2.24, 2.45) is 0 Å². The molecule has 0 radical (unpaired) electrons. The van der Waals surface area contributed by atoms with Gasteiger partial charge in [-0.2, -0.15) is 0 Å². The predicted octanol–water partition coefficient (Wildman–Crippen LogP) is 1.21. The van der Waals surface area contributed by atoms with E-state index in [1.54, 1.807) is 7.05 Å². The first-order valence-electron chi connectivity index (χ1n) is 4.59. The molecule has 0 aliphatic heterocycles. The van der Waals surface area contributed by atoms with Gasteiger partial charge in [0, 0.05) is 0 Å². The highest BCUT2D eigenvalue weighted by atomic mass is 16.4. The first-order chi connectivity index (χ1) is 6.63. The summed E-state index contributed by atoms with van der Waals surface area (Å²) in [6, 6.07) is 7.40. The normalized spacial score (nSPS) is 12.4. The smallest absolute Gasteiger partial charge is 0.321 e. The summed E-state index contributed by atoms with van der Waals surface area (Å²) in [5.74, 6) is -0.812. The molecule has 0 spiro atoms. The Morgan fingerprint density at radius 3 is 2.43 bits per heavy atom. The Morgan fingerprint density at radius 2 is 2.00 bits per heavy atom. The second kappa shape index (κ2) is 4.77. The van der Waals surface area contributed by atoms with Crippen molar-refractivity contribution in [2.75, 3.05) is 7.05 Å². The Hall–Kier alpha value is -1.35. The maximum absolute atomic E-state index is 10.7. The molecular weight excluding hydrogens is 178 g/mol. The third-order valence-corrected chi connectivity index (χ3v) is 2.21. The number of nitrogens with one attached hydrogen (secondary N) is 1. The van der Waals surface area contributed by atoms with Gasteiger partial charge in [0.25, 0.3) is 0 Å². The second-order valence-corrected chi connectivity index (χ2v) is 3.37. The van der Waals surface area contributed by atoms with Crippen molar-refractivity contribution in [1.29, 1.82) is 0 Å². The van der Waals surface area contributed by atoms with Crippen LogP contribution in [-0.4, -0.2) is 24.2 Å². The highest BCUT2D eigenvalue weighted by Crippen LogP contribution is 2.06. The SMILES string of the molecule is CN[C@@H](Cc1ccc(C)cc1)C(=O)O. The van der Waals surface area contributed by atoms with Gasteiger partial charge in [0.05, 0.1) is 0 Å². The van der Waals surface area contributed by atoms with E-state index in [2.05, 4.69) is 5.32 Å². The Labute approximate surface area is 83.8 Å². The molecule has 0 unspecified atom stereocenters. The van der Waals surface area contributed by atoms with Crippen molar-refractivity contribution in [3.8, 4) is 0 Å². The number of aryl methyl sites for hydroxylation is 1. The lowest BCUT2D eigenvalue weighted by atomic mass is 10.0. The van der Waals surface area contributed by atoms with E-state index in [4.69, 9.17) is 5.11 Å². The summed E-state index contributed by atoms with van der Waals surface area (Å²) >= 11 is 0. The van der Waals surface area contributed by atoms with Crippen LogP contribution in [0.1, 0.15) is 11.1 Å². The molecule has 1 rings (SSSR count). The number of hydrogen-bond donors (Lipinski definition) is 2. The highest BCUT2D eigenvalue weighted by Gasteiger charge is 2.14. The van der Waals surface area contributed by atoms with Crippen LogP contribution >= 0.6 is 0 Å². The third-order valence-electron chi connectivity index (χ3n) is 2.21. The molecule has 0 aliphatic carbocycles. The zero-order valence-electron chi connectivity index (χ0n) is 8.45. The lowest BCUT2D eigenvalue weighted by Gasteiger charge is -2.10. The van der Waals surface area contributed by atoms with Crippen molar-refractivity contribution in [2.45, 2.75) is 19.4 Å². The summed E-state index contributed by atoms with van der Waals surface area (Å²) in [5.41, 5.74) is 2.22. The molecule has 0 saturated carbocycles. The number of carboxylic acid groups (broad SMARTS) is 1. The summed E-state index contributed by atoms with van der Waals surface area (Å²) in [4.78, 5) is 10.7. The van der Waals surface area contributed by atoms with Gasteiger partial charge in [0.2, 0.25) is 0 Å². The van der Waals surface area contributed by atoms with E-state index >= 15 is 0 Å². The molecule has 0 aliphatic rings. The van der Waals surface area contributed by atoms with Gasteiger partial charge in [-0.25, -0.2) is 0 Å². The van der Waals surface area contributed by atoms with E-state index in [1.807, 2.05) is 31.2 Å². The molecule has 76 valence electrons. The van der Waals surface area contributed by atoms with Gasteiger partial charge >= 0.3 is 5.97 Å². The van der Waals surface area contributed by atoms with Crippen LogP contribution < -0.4 is 5.32 Å². The molecule has 0 aromatic heterocycles. The fourth-order valence-electron chi connectivity index (χ4n) is 1.27. The monoisotopic (exact) mass is 193 g/mol. The van der Waals surface area contributed by atoms with Crippen LogP contribution in [0.25, 0.3) is 0 Å². The number of rotatable bonds is 4. The van der Waals surface area contributed by atoms with E-state index in [-0.39, 0.29) is 0 Å². The van der Waals surface area contributed by atoms with Crippen LogP contribution in [0.15, 0.2) is 24.3 Å². The Kier molecular flexibility index (Phi) is 3.65. The summed E-state index contributed by atoms with van der Waals surface area (Å²) in [7, 11) is 1.66. The molecule has 0 saturated heterocycles. The maximum atomic E-state index is 10.7. The maximum Gasteiger partial charge on any atom is 0.321 e. The minimum Gasteiger partial charge on any atom is -0.480 e. The molecule has 1 aromatic rings. The molecule has 3 heteroatoms. The molecule has 14 heavy (non-hydrogen) atoms. The average Bonchev–Trinajstić information content (AvgIpc) is 2.16. The van der Waals surface area contributed by atoms with Gasteiger partial charge in [-0.05, 0) is 26.0 Å².